The lowest BCUT2D eigenvalue weighted by molar-refractivity contribution is -0.182. The Kier molecular flexibility index (Phi) is 7.24. The molecule has 3 rings (SSSR count). The highest BCUT2D eigenvalue weighted by molar-refractivity contribution is 5.77. The van der Waals surface area contributed by atoms with Crippen LogP contribution < -0.4 is 10.4 Å². The van der Waals surface area contributed by atoms with Gasteiger partial charge in [-0.25, -0.2) is 4.79 Å². The first-order valence-corrected chi connectivity index (χ1v) is 11.6. The van der Waals surface area contributed by atoms with Crippen LogP contribution in [0.3, 0.4) is 0 Å². The van der Waals surface area contributed by atoms with Gasteiger partial charge in [-0.3, -0.25) is 4.79 Å². The quantitative estimate of drug-likeness (QED) is 0.449. The lowest BCUT2D eigenvalue weighted by Gasteiger charge is -2.52. The maximum absolute atomic E-state index is 11.5. The maximum Gasteiger partial charge on any atom is 0.336 e. The summed E-state index contributed by atoms with van der Waals surface area (Å²) in [5, 5.41) is 22.9. The summed E-state index contributed by atoms with van der Waals surface area (Å²) in [6, 6.07) is 8.36. The molecule has 0 aliphatic heterocycles. The van der Waals surface area contributed by atoms with Gasteiger partial charge in [0.15, 0.2) is 0 Å². The second-order valence-electron chi connectivity index (χ2n) is 10.5. The third-order valence-corrected chi connectivity index (χ3v) is 7.18. The van der Waals surface area contributed by atoms with Gasteiger partial charge in [0, 0.05) is 36.3 Å². The summed E-state index contributed by atoms with van der Waals surface area (Å²) in [4.78, 5) is 23.0. The number of hydrogen-bond acceptors (Lipinski definition) is 7. The lowest BCUT2D eigenvalue weighted by atomic mass is 9.58. The topological polar surface area (TPSA) is 106 Å². The van der Waals surface area contributed by atoms with Crippen molar-refractivity contribution >= 4 is 16.9 Å². The fourth-order valence-electron chi connectivity index (χ4n) is 5.19. The van der Waals surface area contributed by atoms with Gasteiger partial charge in [0.2, 0.25) is 0 Å². The molecule has 0 amide bonds. The van der Waals surface area contributed by atoms with E-state index >= 15 is 0 Å². The predicted molar refractivity (Wildman–Crippen MR) is 125 cm³/mol. The first kappa shape index (κ1) is 25.2. The van der Waals surface area contributed by atoms with Gasteiger partial charge < -0.3 is 24.1 Å². The number of benzene rings is 1. The van der Waals surface area contributed by atoms with Crippen LogP contribution in [0.5, 0.6) is 5.75 Å². The molecule has 1 fully saturated rings. The highest BCUT2D eigenvalue weighted by Crippen LogP contribution is 2.50. The molecule has 1 aliphatic rings. The molecule has 1 heterocycles. The minimum atomic E-state index is -0.996. The molecule has 1 aromatic heterocycles. The summed E-state index contributed by atoms with van der Waals surface area (Å²) in [7, 11) is 0. The van der Waals surface area contributed by atoms with Gasteiger partial charge in [0.05, 0.1) is 17.8 Å². The average molecular weight is 461 g/mol. The third kappa shape index (κ3) is 6.15. The molecular formula is C26H36O7. The van der Waals surface area contributed by atoms with Crippen molar-refractivity contribution in [1.82, 2.24) is 0 Å². The monoisotopic (exact) mass is 460 g/mol. The van der Waals surface area contributed by atoms with E-state index in [1.165, 1.54) is 13.0 Å². The zero-order valence-corrected chi connectivity index (χ0v) is 20.2. The standard InChI is InChI=1S/C26H36O7/c1-17(27)32-22-11-13-26(5,30)21(24(22,2)3)10-12-25(4,29)14-15-31-19-8-6-18-7-9-23(28)33-20(18)16-19/h6-9,16,21-22,29-30H,10-15H2,1-5H3/t21-,22-,25+,26+/m1/s1. The minimum Gasteiger partial charge on any atom is -0.493 e. The van der Waals surface area contributed by atoms with Crippen molar-refractivity contribution in [2.45, 2.75) is 84.0 Å². The number of rotatable bonds is 8. The zero-order valence-electron chi connectivity index (χ0n) is 20.2. The van der Waals surface area contributed by atoms with Gasteiger partial charge in [0.1, 0.15) is 17.4 Å². The number of ether oxygens (including phenoxy) is 2. The van der Waals surface area contributed by atoms with Crippen LogP contribution in [0.15, 0.2) is 39.5 Å². The van der Waals surface area contributed by atoms with Crippen molar-refractivity contribution in [3.05, 3.63) is 40.8 Å². The molecule has 7 nitrogen and oxygen atoms in total. The van der Waals surface area contributed by atoms with Crippen LogP contribution in [0.4, 0.5) is 0 Å². The number of fused-ring (bicyclic) bond motifs is 1. The molecule has 0 bridgehead atoms. The first-order valence-electron chi connectivity index (χ1n) is 11.6. The molecule has 0 saturated heterocycles. The van der Waals surface area contributed by atoms with Crippen LogP contribution in [0.1, 0.15) is 66.7 Å². The zero-order chi connectivity index (χ0) is 24.4. The molecular weight excluding hydrogens is 424 g/mol. The summed E-state index contributed by atoms with van der Waals surface area (Å²) >= 11 is 0. The Hall–Kier alpha value is -2.38. The molecule has 4 atom stereocenters. The van der Waals surface area contributed by atoms with Gasteiger partial charge in [-0.1, -0.05) is 13.8 Å². The van der Waals surface area contributed by atoms with Crippen molar-refractivity contribution in [2.75, 3.05) is 6.61 Å². The SMILES string of the molecule is CC(=O)O[C@@H]1CC[C@](C)(O)[C@H](CC[C@](C)(O)CCOc2ccc3ccc(=O)oc3c2)C1(C)C. The van der Waals surface area contributed by atoms with Crippen LogP contribution in [0.2, 0.25) is 0 Å². The summed E-state index contributed by atoms with van der Waals surface area (Å²) in [5.41, 5.74) is -2.28. The van der Waals surface area contributed by atoms with E-state index in [1.807, 2.05) is 26.8 Å². The lowest BCUT2D eigenvalue weighted by Crippen LogP contribution is -2.55. The van der Waals surface area contributed by atoms with Gasteiger partial charge in [-0.15, -0.1) is 0 Å². The molecule has 0 radical (unpaired) electrons. The fourth-order valence-corrected chi connectivity index (χ4v) is 5.19. The van der Waals surface area contributed by atoms with Crippen molar-refractivity contribution in [2.24, 2.45) is 11.3 Å². The summed E-state index contributed by atoms with van der Waals surface area (Å²) < 4.78 is 16.5. The third-order valence-electron chi connectivity index (χ3n) is 7.18. The Balaban J connectivity index is 1.59. The number of carbonyl (C=O) groups is 1. The van der Waals surface area contributed by atoms with E-state index in [9.17, 15) is 19.8 Å². The summed E-state index contributed by atoms with van der Waals surface area (Å²) in [5.74, 6) is 0.109. The van der Waals surface area contributed by atoms with Gasteiger partial charge in [-0.05, 0) is 63.6 Å². The summed E-state index contributed by atoms with van der Waals surface area (Å²) in [6.45, 7) is 9.34. The summed E-state index contributed by atoms with van der Waals surface area (Å²) in [6.07, 6.45) is 2.36. The van der Waals surface area contributed by atoms with E-state index in [4.69, 9.17) is 13.9 Å². The van der Waals surface area contributed by atoms with Crippen molar-refractivity contribution in [3.63, 3.8) is 0 Å². The Labute approximate surface area is 194 Å². The van der Waals surface area contributed by atoms with Crippen molar-refractivity contribution in [3.8, 4) is 5.75 Å². The molecule has 1 aliphatic carbocycles. The Bertz CT molecular complexity index is 1030. The highest BCUT2D eigenvalue weighted by atomic mass is 16.5. The van der Waals surface area contributed by atoms with E-state index in [0.29, 0.717) is 43.4 Å². The van der Waals surface area contributed by atoms with E-state index in [0.717, 1.165) is 5.39 Å². The molecule has 0 unspecified atom stereocenters. The normalized spacial score (nSPS) is 26.5. The van der Waals surface area contributed by atoms with Crippen molar-refractivity contribution in [1.29, 1.82) is 0 Å². The molecule has 0 spiro atoms. The predicted octanol–water partition coefficient (Wildman–Crippen LogP) is 4.21. The second kappa shape index (κ2) is 9.47. The van der Waals surface area contributed by atoms with Crippen LogP contribution >= 0.6 is 0 Å². The molecule has 182 valence electrons. The number of hydrogen-bond donors (Lipinski definition) is 2. The number of aliphatic hydroxyl groups is 2. The van der Waals surface area contributed by atoms with Crippen molar-refractivity contribution < 1.29 is 28.9 Å². The second-order valence-corrected chi connectivity index (χ2v) is 10.5. The van der Waals surface area contributed by atoms with Crippen LogP contribution in [-0.2, 0) is 9.53 Å². The smallest absolute Gasteiger partial charge is 0.336 e. The molecule has 1 saturated carbocycles. The van der Waals surface area contributed by atoms with Gasteiger partial charge in [-0.2, -0.15) is 0 Å². The van der Waals surface area contributed by atoms with Crippen LogP contribution in [0, 0.1) is 11.3 Å². The Morgan fingerprint density at radius 1 is 1.21 bits per heavy atom. The first-order chi connectivity index (χ1) is 15.3. The Morgan fingerprint density at radius 2 is 1.91 bits per heavy atom. The molecule has 33 heavy (non-hydrogen) atoms. The molecule has 7 heteroatoms. The number of carbonyl (C=O) groups excluding carboxylic acids is 1. The van der Waals surface area contributed by atoms with E-state index in [2.05, 4.69) is 0 Å². The average Bonchev–Trinajstić information content (AvgIpc) is 2.69. The Morgan fingerprint density at radius 3 is 2.61 bits per heavy atom. The van der Waals surface area contributed by atoms with E-state index in [1.54, 1.807) is 25.1 Å². The fraction of sp³-hybridized carbons (Fsp3) is 0.615. The number of esters is 1. The molecule has 1 aromatic carbocycles. The highest BCUT2D eigenvalue weighted by Gasteiger charge is 2.52. The largest absolute Gasteiger partial charge is 0.493 e. The van der Waals surface area contributed by atoms with Crippen LogP contribution in [0.25, 0.3) is 11.0 Å². The van der Waals surface area contributed by atoms with Crippen LogP contribution in [-0.4, -0.2) is 40.1 Å². The van der Waals surface area contributed by atoms with Gasteiger partial charge in [0.25, 0.3) is 0 Å². The van der Waals surface area contributed by atoms with Gasteiger partial charge >= 0.3 is 11.6 Å². The molecule has 2 N–H and O–H groups in total. The molecule has 2 aromatic rings. The minimum absolute atomic E-state index is 0.140. The van der Waals surface area contributed by atoms with E-state index < -0.39 is 22.2 Å². The maximum atomic E-state index is 11.5. The van der Waals surface area contributed by atoms with E-state index in [-0.39, 0.29) is 24.6 Å².